The number of rotatable bonds is 1. The monoisotopic (exact) mass is 311 g/mol. The Hall–Kier alpha value is -1.59. The number of esters is 1. The molecule has 0 aromatic heterocycles. The number of hydrogen-bond acceptors (Lipinski definition) is 5. The molecule has 2 amide bonds. The largest absolute Gasteiger partial charge is 0.458 e. The van der Waals surface area contributed by atoms with Gasteiger partial charge < -0.3 is 9.47 Å². The molecule has 2 rings (SSSR count). The minimum absolute atomic E-state index is 0.308. The summed E-state index contributed by atoms with van der Waals surface area (Å²) in [5.74, 6) is -0.854. The van der Waals surface area contributed by atoms with Crippen molar-refractivity contribution in [1.29, 1.82) is 0 Å². The van der Waals surface area contributed by atoms with Crippen LogP contribution in [0.3, 0.4) is 0 Å². The molecule has 0 aromatic rings. The average molecular weight is 311 g/mol. The molecular weight excluding hydrogens is 286 g/mol. The summed E-state index contributed by atoms with van der Waals surface area (Å²) in [6.07, 6.45) is 0.992. The van der Waals surface area contributed by atoms with E-state index in [4.69, 9.17) is 9.47 Å². The van der Waals surface area contributed by atoms with E-state index in [1.165, 1.54) is 0 Å². The molecule has 0 bridgehead atoms. The summed E-state index contributed by atoms with van der Waals surface area (Å²) in [5, 5.41) is 0. The summed E-state index contributed by atoms with van der Waals surface area (Å²) in [5.41, 5.74) is -1.95. The van der Waals surface area contributed by atoms with E-state index in [0.717, 1.165) is 4.90 Å². The summed E-state index contributed by atoms with van der Waals surface area (Å²) < 4.78 is 10.6. The maximum atomic E-state index is 12.5. The number of imide groups is 1. The first kappa shape index (κ1) is 16.8. The molecule has 1 heterocycles. The Balaban J connectivity index is 2.21. The van der Waals surface area contributed by atoms with Crippen LogP contribution in [0.4, 0.5) is 4.79 Å². The molecule has 6 nitrogen and oxygen atoms in total. The van der Waals surface area contributed by atoms with Crippen LogP contribution in [0.5, 0.6) is 0 Å². The molecular formula is C16H25NO5. The van der Waals surface area contributed by atoms with Gasteiger partial charge in [0, 0.05) is 0 Å². The van der Waals surface area contributed by atoms with Crippen LogP contribution in [-0.4, -0.2) is 40.1 Å². The number of carbonyl (C=O) groups excluding carboxylic acids is 3. The van der Waals surface area contributed by atoms with Gasteiger partial charge in [0.1, 0.15) is 17.2 Å². The standard InChI is InChI=1S/C16H25NO5/c1-14(2,3)21-11(18)10-9-16(7-8-16)12(19)17(10)13(20)22-15(4,5)6/h10H,7-9H2,1-6H3. The third-order valence-electron chi connectivity index (χ3n) is 3.69. The van der Waals surface area contributed by atoms with Gasteiger partial charge in [0.2, 0.25) is 5.91 Å². The zero-order valence-electron chi connectivity index (χ0n) is 14.2. The SMILES string of the molecule is CC(C)(C)OC(=O)C1CC2(CC2)C(=O)N1C(=O)OC(C)(C)C. The van der Waals surface area contributed by atoms with Crippen molar-refractivity contribution in [2.75, 3.05) is 0 Å². The summed E-state index contributed by atoms with van der Waals surface area (Å²) >= 11 is 0. The highest BCUT2D eigenvalue weighted by Gasteiger charge is 2.63. The van der Waals surface area contributed by atoms with Gasteiger partial charge in [-0.05, 0) is 60.8 Å². The molecule has 124 valence electrons. The molecule has 1 aliphatic heterocycles. The predicted molar refractivity (Wildman–Crippen MR) is 79.0 cm³/mol. The van der Waals surface area contributed by atoms with Gasteiger partial charge in [-0.1, -0.05) is 0 Å². The zero-order chi connectivity index (χ0) is 16.9. The Morgan fingerprint density at radius 2 is 1.55 bits per heavy atom. The molecule has 0 N–H and O–H groups in total. The Morgan fingerprint density at radius 3 is 1.95 bits per heavy atom. The second kappa shape index (κ2) is 4.96. The molecule has 1 aliphatic carbocycles. The van der Waals surface area contributed by atoms with Crippen molar-refractivity contribution in [2.45, 2.75) is 78.0 Å². The second-order valence-electron chi connectivity index (χ2n) is 8.19. The van der Waals surface area contributed by atoms with E-state index in [9.17, 15) is 14.4 Å². The molecule has 1 unspecified atom stereocenters. The van der Waals surface area contributed by atoms with Gasteiger partial charge in [-0.2, -0.15) is 0 Å². The van der Waals surface area contributed by atoms with Crippen LogP contribution in [0.25, 0.3) is 0 Å². The van der Waals surface area contributed by atoms with E-state index in [0.29, 0.717) is 19.3 Å². The molecule has 2 aliphatic rings. The lowest BCUT2D eigenvalue weighted by Gasteiger charge is -2.28. The summed E-state index contributed by atoms with van der Waals surface area (Å²) in [6, 6.07) is -0.885. The minimum Gasteiger partial charge on any atom is -0.458 e. The maximum absolute atomic E-state index is 12.5. The Bertz CT molecular complexity index is 508. The third kappa shape index (κ3) is 3.42. The van der Waals surface area contributed by atoms with Crippen molar-refractivity contribution < 1.29 is 23.9 Å². The van der Waals surface area contributed by atoms with Crippen molar-refractivity contribution in [1.82, 2.24) is 4.90 Å². The fraction of sp³-hybridized carbons (Fsp3) is 0.812. The van der Waals surface area contributed by atoms with Gasteiger partial charge in [0.05, 0.1) is 5.41 Å². The molecule has 0 aromatic carbocycles. The molecule has 6 heteroatoms. The van der Waals surface area contributed by atoms with Gasteiger partial charge >= 0.3 is 12.1 Å². The van der Waals surface area contributed by atoms with Crippen LogP contribution < -0.4 is 0 Å². The first-order valence-electron chi connectivity index (χ1n) is 7.64. The van der Waals surface area contributed by atoms with E-state index >= 15 is 0 Å². The molecule has 22 heavy (non-hydrogen) atoms. The number of carbonyl (C=O) groups is 3. The van der Waals surface area contributed by atoms with Crippen LogP contribution in [0.2, 0.25) is 0 Å². The third-order valence-corrected chi connectivity index (χ3v) is 3.69. The molecule has 1 atom stereocenters. The second-order valence-corrected chi connectivity index (χ2v) is 8.19. The van der Waals surface area contributed by atoms with Gasteiger partial charge in [0.15, 0.2) is 0 Å². The Labute approximate surface area is 131 Å². The number of likely N-dealkylation sites (tertiary alicyclic amines) is 1. The lowest BCUT2D eigenvalue weighted by atomic mass is 10.0. The summed E-state index contributed by atoms with van der Waals surface area (Å²) in [6.45, 7) is 10.4. The van der Waals surface area contributed by atoms with Crippen molar-refractivity contribution in [3.05, 3.63) is 0 Å². The van der Waals surface area contributed by atoms with Crippen molar-refractivity contribution >= 4 is 18.0 Å². The predicted octanol–water partition coefficient (Wildman–Crippen LogP) is 2.64. The Morgan fingerprint density at radius 1 is 1.05 bits per heavy atom. The number of hydrogen-bond donors (Lipinski definition) is 0. The highest BCUT2D eigenvalue weighted by atomic mass is 16.6. The summed E-state index contributed by atoms with van der Waals surface area (Å²) in [7, 11) is 0. The smallest absolute Gasteiger partial charge is 0.417 e. The van der Waals surface area contributed by atoms with Crippen molar-refractivity contribution in [2.24, 2.45) is 5.41 Å². The van der Waals surface area contributed by atoms with Crippen LogP contribution in [0, 0.1) is 5.41 Å². The minimum atomic E-state index is -0.885. The van der Waals surface area contributed by atoms with Crippen LogP contribution >= 0.6 is 0 Å². The molecule has 1 spiro atoms. The molecule has 1 saturated heterocycles. The van der Waals surface area contributed by atoms with Crippen LogP contribution in [-0.2, 0) is 19.1 Å². The van der Waals surface area contributed by atoms with E-state index in [1.807, 2.05) is 0 Å². The Kier molecular flexibility index (Phi) is 3.78. The molecule has 0 radical (unpaired) electrons. The van der Waals surface area contributed by atoms with Crippen LogP contribution in [0.1, 0.15) is 60.8 Å². The average Bonchev–Trinajstić information content (AvgIpc) is 2.97. The highest BCUT2D eigenvalue weighted by Crippen LogP contribution is 2.56. The van der Waals surface area contributed by atoms with E-state index < -0.39 is 34.7 Å². The van der Waals surface area contributed by atoms with Gasteiger partial charge in [0.25, 0.3) is 0 Å². The normalized spacial score (nSPS) is 23.6. The van der Waals surface area contributed by atoms with Crippen molar-refractivity contribution in [3.63, 3.8) is 0 Å². The summed E-state index contributed by atoms with van der Waals surface area (Å²) in [4.78, 5) is 38.2. The molecule has 1 saturated carbocycles. The zero-order valence-corrected chi connectivity index (χ0v) is 14.2. The highest BCUT2D eigenvalue weighted by molar-refractivity contribution is 6.03. The van der Waals surface area contributed by atoms with Crippen molar-refractivity contribution in [3.8, 4) is 0 Å². The molecule has 2 fully saturated rings. The number of amides is 2. The lowest BCUT2D eigenvalue weighted by Crippen LogP contribution is -2.47. The maximum Gasteiger partial charge on any atom is 0.417 e. The van der Waals surface area contributed by atoms with Gasteiger partial charge in [-0.25, -0.2) is 14.5 Å². The quantitative estimate of drug-likeness (QED) is 0.696. The lowest BCUT2D eigenvalue weighted by molar-refractivity contribution is -0.161. The van der Waals surface area contributed by atoms with Gasteiger partial charge in [-0.3, -0.25) is 4.79 Å². The fourth-order valence-corrected chi connectivity index (χ4v) is 2.59. The van der Waals surface area contributed by atoms with Gasteiger partial charge in [-0.15, -0.1) is 0 Å². The fourth-order valence-electron chi connectivity index (χ4n) is 2.59. The van der Waals surface area contributed by atoms with Crippen LogP contribution in [0.15, 0.2) is 0 Å². The number of nitrogens with zero attached hydrogens (tertiary/aromatic N) is 1. The van der Waals surface area contributed by atoms with E-state index in [-0.39, 0.29) is 5.91 Å². The van der Waals surface area contributed by atoms with E-state index in [2.05, 4.69) is 0 Å². The topological polar surface area (TPSA) is 72.9 Å². The van der Waals surface area contributed by atoms with E-state index in [1.54, 1.807) is 41.5 Å². The first-order chi connectivity index (χ1) is 9.85. The number of ether oxygens (including phenoxy) is 2. The first-order valence-corrected chi connectivity index (χ1v) is 7.64.